The molecule has 1 fully saturated rings. The fourth-order valence-corrected chi connectivity index (χ4v) is 3.88. The molecule has 5 nitrogen and oxygen atoms in total. The van der Waals surface area contributed by atoms with Gasteiger partial charge in [0.05, 0.1) is 0 Å². The SMILES string of the molecule is Cc1cccc2nc(C(=O)NCC3CCN(c4cccc(Br)c4)C3)cn12. The van der Waals surface area contributed by atoms with E-state index in [0.29, 0.717) is 18.2 Å². The van der Waals surface area contributed by atoms with Crippen LogP contribution in [0, 0.1) is 12.8 Å². The van der Waals surface area contributed by atoms with Crippen LogP contribution in [0.4, 0.5) is 5.69 Å². The molecule has 1 unspecified atom stereocenters. The number of aromatic nitrogens is 2. The van der Waals surface area contributed by atoms with Crippen molar-refractivity contribution in [2.45, 2.75) is 13.3 Å². The van der Waals surface area contributed by atoms with E-state index in [0.717, 1.165) is 35.3 Å². The molecule has 134 valence electrons. The van der Waals surface area contributed by atoms with Gasteiger partial charge in [0.1, 0.15) is 11.3 Å². The lowest BCUT2D eigenvalue weighted by Gasteiger charge is -2.19. The summed E-state index contributed by atoms with van der Waals surface area (Å²) in [6.07, 6.45) is 2.89. The summed E-state index contributed by atoms with van der Waals surface area (Å²) in [7, 11) is 0. The number of halogens is 1. The zero-order chi connectivity index (χ0) is 18.1. The van der Waals surface area contributed by atoms with Gasteiger partial charge >= 0.3 is 0 Å². The summed E-state index contributed by atoms with van der Waals surface area (Å²) < 4.78 is 3.04. The molecule has 0 bridgehead atoms. The minimum Gasteiger partial charge on any atom is -0.371 e. The molecule has 1 amide bonds. The zero-order valence-corrected chi connectivity index (χ0v) is 16.2. The van der Waals surface area contributed by atoms with E-state index in [1.807, 2.05) is 41.8 Å². The summed E-state index contributed by atoms with van der Waals surface area (Å²) in [4.78, 5) is 19.3. The van der Waals surface area contributed by atoms with Gasteiger partial charge in [-0.25, -0.2) is 4.98 Å². The standard InChI is InChI=1S/C20H21BrN4O/c1-14-4-2-7-19-23-18(13-25(14)19)20(26)22-11-15-8-9-24(12-15)17-6-3-5-16(21)10-17/h2-7,10,13,15H,8-9,11-12H2,1H3,(H,22,26). The Morgan fingerprint density at radius 2 is 2.15 bits per heavy atom. The second-order valence-electron chi connectivity index (χ2n) is 6.81. The van der Waals surface area contributed by atoms with Crippen molar-refractivity contribution in [2.24, 2.45) is 5.92 Å². The first-order valence-corrected chi connectivity index (χ1v) is 9.63. The molecular formula is C20H21BrN4O. The Labute approximate surface area is 161 Å². The van der Waals surface area contributed by atoms with Crippen molar-refractivity contribution in [3.05, 3.63) is 64.5 Å². The highest BCUT2D eigenvalue weighted by atomic mass is 79.9. The first-order valence-electron chi connectivity index (χ1n) is 8.83. The van der Waals surface area contributed by atoms with Crippen LogP contribution in [0.25, 0.3) is 5.65 Å². The van der Waals surface area contributed by atoms with Gasteiger partial charge in [0.25, 0.3) is 5.91 Å². The third-order valence-corrected chi connectivity index (χ3v) is 5.43. The van der Waals surface area contributed by atoms with Crippen molar-refractivity contribution in [1.29, 1.82) is 0 Å². The quantitative estimate of drug-likeness (QED) is 0.710. The first-order chi connectivity index (χ1) is 12.6. The molecule has 0 spiro atoms. The smallest absolute Gasteiger partial charge is 0.271 e. The highest BCUT2D eigenvalue weighted by Crippen LogP contribution is 2.26. The minimum absolute atomic E-state index is 0.103. The Kier molecular flexibility index (Phi) is 4.68. The molecule has 1 aromatic carbocycles. The number of amides is 1. The van der Waals surface area contributed by atoms with Gasteiger partial charge < -0.3 is 14.6 Å². The molecule has 0 saturated carbocycles. The number of carbonyl (C=O) groups excluding carboxylic acids is 1. The third-order valence-electron chi connectivity index (χ3n) is 4.94. The Hall–Kier alpha value is -2.34. The lowest BCUT2D eigenvalue weighted by Crippen LogP contribution is -2.31. The van der Waals surface area contributed by atoms with E-state index >= 15 is 0 Å². The van der Waals surface area contributed by atoms with Crippen LogP contribution in [0.3, 0.4) is 0 Å². The van der Waals surface area contributed by atoms with E-state index in [1.54, 1.807) is 0 Å². The predicted octanol–water partition coefficient (Wildman–Crippen LogP) is 3.66. The summed E-state index contributed by atoms with van der Waals surface area (Å²) in [5, 5.41) is 3.05. The number of fused-ring (bicyclic) bond motifs is 1. The molecule has 6 heteroatoms. The van der Waals surface area contributed by atoms with E-state index in [-0.39, 0.29) is 5.91 Å². The predicted molar refractivity (Wildman–Crippen MR) is 107 cm³/mol. The maximum atomic E-state index is 12.5. The number of nitrogens with one attached hydrogen (secondary N) is 1. The topological polar surface area (TPSA) is 49.6 Å². The van der Waals surface area contributed by atoms with Crippen molar-refractivity contribution in [1.82, 2.24) is 14.7 Å². The number of imidazole rings is 1. The first kappa shape index (κ1) is 17.1. The Balaban J connectivity index is 1.36. The number of anilines is 1. The van der Waals surface area contributed by atoms with Crippen LogP contribution in [0.1, 0.15) is 22.6 Å². The monoisotopic (exact) mass is 412 g/mol. The number of aryl methyl sites for hydroxylation is 1. The average Bonchev–Trinajstić information content (AvgIpc) is 3.27. The normalized spacial score (nSPS) is 17.0. The molecule has 3 aromatic rings. The maximum Gasteiger partial charge on any atom is 0.271 e. The molecule has 3 heterocycles. The van der Waals surface area contributed by atoms with E-state index in [1.165, 1.54) is 5.69 Å². The number of rotatable bonds is 4. The van der Waals surface area contributed by atoms with E-state index < -0.39 is 0 Å². The van der Waals surface area contributed by atoms with Gasteiger partial charge in [0.15, 0.2) is 0 Å². The molecule has 4 rings (SSSR count). The molecule has 1 aliphatic rings. The van der Waals surface area contributed by atoms with Crippen LogP contribution in [-0.4, -0.2) is 34.9 Å². The van der Waals surface area contributed by atoms with Crippen LogP contribution in [0.2, 0.25) is 0 Å². The van der Waals surface area contributed by atoms with Crippen molar-refractivity contribution in [3.8, 4) is 0 Å². The van der Waals surface area contributed by atoms with Crippen LogP contribution in [0.15, 0.2) is 53.1 Å². The van der Waals surface area contributed by atoms with Crippen molar-refractivity contribution < 1.29 is 4.79 Å². The number of hydrogen-bond donors (Lipinski definition) is 1. The molecule has 0 aliphatic carbocycles. The second kappa shape index (κ2) is 7.11. The molecule has 1 N–H and O–H groups in total. The van der Waals surface area contributed by atoms with Crippen LogP contribution in [0.5, 0.6) is 0 Å². The molecule has 1 saturated heterocycles. The fourth-order valence-electron chi connectivity index (χ4n) is 3.49. The second-order valence-corrected chi connectivity index (χ2v) is 7.73. The lowest BCUT2D eigenvalue weighted by molar-refractivity contribution is 0.0944. The summed E-state index contributed by atoms with van der Waals surface area (Å²) in [5.41, 5.74) is 3.57. The highest BCUT2D eigenvalue weighted by Gasteiger charge is 2.23. The molecule has 26 heavy (non-hydrogen) atoms. The molecule has 0 radical (unpaired) electrons. The largest absolute Gasteiger partial charge is 0.371 e. The Bertz CT molecular complexity index is 952. The van der Waals surface area contributed by atoms with Gasteiger partial charge in [0.2, 0.25) is 0 Å². The van der Waals surface area contributed by atoms with Crippen LogP contribution >= 0.6 is 15.9 Å². The van der Waals surface area contributed by atoms with Crippen molar-refractivity contribution in [2.75, 3.05) is 24.5 Å². The molecule has 2 aromatic heterocycles. The van der Waals surface area contributed by atoms with Crippen LogP contribution in [-0.2, 0) is 0 Å². The van der Waals surface area contributed by atoms with Gasteiger partial charge in [-0.2, -0.15) is 0 Å². The van der Waals surface area contributed by atoms with E-state index in [9.17, 15) is 4.79 Å². The van der Waals surface area contributed by atoms with Gasteiger partial charge in [-0.05, 0) is 49.6 Å². The number of carbonyl (C=O) groups is 1. The molecule has 1 atom stereocenters. The van der Waals surface area contributed by atoms with Crippen LogP contribution < -0.4 is 10.2 Å². The summed E-state index contributed by atoms with van der Waals surface area (Å²) in [6.45, 7) is 4.66. The minimum atomic E-state index is -0.103. The Morgan fingerprint density at radius 3 is 2.96 bits per heavy atom. The number of hydrogen-bond acceptors (Lipinski definition) is 3. The van der Waals surface area contributed by atoms with Gasteiger partial charge in [-0.1, -0.05) is 28.1 Å². The summed E-state index contributed by atoms with van der Waals surface area (Å²) >= 11 is 3.53. The van der Waals surface area contributed by atoms with Crippen molar-refractivity contribution in [3.63, 3.8) is 0 Å². The third kappa shape index (κ3) is 3.46. The lowest BCUT2D eigenvalue weighted by atomic mass is 10.1. The maximum absolute atomic E-state index is 12.5. The average molecular weight is 413 g/mol. The number of benzene rings is 1. The number of pyridine rings is 1. The summed E-state index contributed by atoms with van der Waals surface area (Å²) in [6, 6.07) is 14.2. The fraction of sp³-hybridized carbons (Fsp3) is 0.300. The Morgan fingerprint density at radius 1 is 1.31 bits per heavy atom. The van der Waals surface area contributed by atoms with E-state index in [4.69, 9.17) is 0 Å². The van der Waals surface area contributed by atoms with Gasteiger partial charge in [-0.3, -0.25) is 4.79 Å². The van der Waals surface area contributed by atoms with Gasteiger partial charge in [0, 0.05) is 41.7 Å². The highest BCUT2D eigenvalue weighted by molar-refractivity contribution is 9.10. The van der Waals surface area contributed by atoms with Crippen molar-refractivity contribution >= 4 is 33.2 Å². The number of nitrogens with zero attached hydrogens (tertiary/aromatic N) is 3. The summed E-state index contributed by atoms with van der Waals surface area (Å²) in [5.74, 6) is 0.353. The van der Waals surface area contributed by atoms with Gasteiger partial charge in [-0.15, -0.1) is 0 Å². The van der Waals surface area contributed by atoms with E-state index in [2.05, 4.69) is 49.3 Å². The zero-order valence-electron chi connectivity index (χ0n) is 14.7. The molecular weight excluding hydrogens is 392 g/mol. The molecule has 1 aliphatic heterocycles.